The van der Waals surface area contributed by atoms with Crippen molar-refractivity contribution in [3.63, 3.8) is 0 Å². The fraction of sp³-hybridized carbons (Fsp3) is 0.400. The van der Waals surface area contributed by atoms with Crippen molar-refractivity contribution in [1.82, 2.24) is 0 Å². The third kappa shape index (κ3) is 1.30. The van der Waals surface area contributed by atoms with Crippen LogP contribution in [0.1, 0.15) is 17.2 Å². The first-order chi connectivity index (χ1) is 6.22. The van der Waals surface area contributed by atoms with Gasteiger partial charge < -0.3 is 14.9 Å². The van der Waals surface area contributed by atoms with Crippen molar-refractivity contribution in [1.29, 1.82) is 0 Å². The van der Waals surface area contributed by atoms with Crippen molar-refractivity contribution in [2.45, 2.75) is 18.6 Å². The minimum Gasteiger partial charge on any atom is -0.497 e. The van der Waals surface area contributed by atoms with Crippen molar-refractivity contribution in [2.75, 3.05) is 7.11 Å². The fourth-order valence-corrected chi connectivity index (χ4v) is 1.72. The van der Waals surface area contributed by atoms with Crippen LogP contribution in [0.4, 0.5) is 0 Å². The summed E-state index contributed by atoms with van der Waals surface area (Å²) in [5.41, 5.74) is 1.78. The summed E-state index contributed by atoms with van der Waals surface area (Å²) in [6, 6.07) is 5.45. The predicted molar refractivity (Wildman–Crippen MR) is 47.7 cm³/mol. The van der Waals surface area contributed by atoms with E-state index in [9.17, 15) is 10.2 Å². The number of methoxy groups -OCH3 is 1. The number of hydrogen-bond acceptors (Lipinski definition) is 3. The van der Waals surface area contributed by atoms with Crippen molar-refractivity contribution in [3.05, 3.63) is 29.3 Å². The van der Waals surface area contributed by atoms with Gasteiger partial charge in [0.15, 0.2) is 0 Å². The lowest BCUT2D eigenvalue weighted by Gasteiger charge is -2.07. The Morgan fingerprint density at radius 3 is 2.85 bits per heavy atom. The first-order valence-corrected chi connectivity index (χ1v) is 4.25. The molecular weight excluding hydrogens is 168 g/mol. The van der Waals surface area contributed by atoms with Gasteiger partial charge in [-0.15, -0.1) is 0 Å². The Bertz CT molecular complexity index is 322. The molecule has 0 aliphatic heterocycles. The Balaban J connectivity index is 2.40. The lowest BCUT2D eigenvalue weighted by molar-refractivity contribution is 0.0326. The smallest absolute Gasteiger partial charge is 0.119 e. The number of rotatable bonds is 1. The van der Waals surface area contributed by atoms with E-state index in [0.29, 0.717) is 6.42 Å². The Hall–Kier alpha value is -1.06. The van der Waals surface area contributed by atoms with Gasteiger partial charge in [-0.25, -0.2) is 0 Å². The Kier molecular flexibility index (Phi) is 1.98. The van der Waals surface area contributed by atoms with E-state index < -0.39 is 12.2 Å². The number of aliphatic hydroxyl groups excluding tert-OH is 2. The highest BCUT2D eigenvalue weighted by molar-refractivity contribution is 5.41. The van der Waals surface area contributed by atoms with Gasteiger partial charge in [-0.05, 0) is 23.3 Å². The summed E-state index contributed by atoms with van der Waals surface area (Å²) < 4.78 is 5.05. The van der Waals surface area contributed by atoms with E-state index >= 15 is 0 Å². The summed E-state index contributed by atoms with van der Waals surface area (Å²) in [5.74, 6) is 0.764. The van der Waals surface area contributed by atoms with Crippen LogP contribution >= 0.6 is 0 Å². The summed E-state index contributed by atoms with van der Waals surface area (Å²) in [7, 11) is 1.60. The van der Waals surface area contributed by atoms with Crippen LogP contribution in [0.3, 0.4) is 0 Å². The van der Waals surface area contributed by atoms with E-state index in [0.717, 1.165) is 16.9 Å². The molecule has 0 saturated heterocycles. The average molecular weight is 180 g/mol. The topological polar surface area (TPSA) is 49.7 Å². The standard InChI is InChI=1S/C10H12O3/c1-13-7-2-3-8-6(4-7)5-9(11)10(8)12/h2-4,9-12H,5H2,1H3/t9-,10-/m0/s1. The first kappa shape index (κ1) is 8.53. The molecule has 0 unspecified atom stereocenters. The molecule has 1 aromatic rings. The second-order valence-corrected chi connectivity index (χ2v) is 3.28. The molecular formula is C10H12O3. The molecule has 70 valence electrons. The third-order valence-corrected chi connectivity index (χ3v) is 2.46. The van der Waals surface area contributed by atoms with Gasteiger partial charge in [0, 0.05) is 6.42 Å². The number of hydrogen-bond donors (Lipinski definition) is 2. The third-order valence-electron chi connectivity index (χ3n) is 2.46. The maximum absolute atomic E-state index is 9.52. The van der Waals surface area contributed by atoms with E-state index in [-0.39, 0.29) is 0 Å². The van der Waals surface area contributed by atoms with E-state index in [1.807, 2.05) is 6.07 Å². The monoisotopic (exact) mass is 180 g/mol. The van der Waals surface area contributed by atoms with Gasteiger partial charge in [0.25, 0.3) is 0 Å². The number of benzene rings is 1. The Morgan fingerprint density at radius 1 is 1.38 bits per heavy atom. The molecule has 2 atom stereocenters. The summed E-state index contributed by atoms with van der Waals surface area (Å²) in [6.07, 6.45) is -0.892. The van der Waals surface area contributed by atoms with Gasteiger partial charge in [-0.3, -0.25) is 0 Å². The molecule has 0 saturated carbocycles. The van der Waals surface area contributed by atoms with Crippen LogP contribution in [-0.2, 0) is 6.42 Å². The fourth-order valence-electron chi connectivity index (χ4n) is 1.72. The van der Waals surface area contributed by atoms with Gasteiger partial charge in [0.1, 0.15) is 11.9 Å². The molecule has 1 aliphatic rings. The highest BCUT2D eigenvalue weighted by Gasteiger charge is 2.29. The molecule has 2 N–H and O–H groups in total. The van der Waals surface area contributed by atoms with Crippen molar-refractivity contribution >= 4 is 0 Å². The van der Waals surface area contributed by atoms with E-state index in [2.05, 4.69) is 0 Å². The molecule has 0 aromatic heterocycles. The highest BCUT2D eigenvalue weighted by Crippen LogP contribution is 2.33. The van der Waals surface area contributed by atoms with Crippen LogP contribution < -0.4 is 4.74 Å². The number of fused-ring (bicyclic) bond motifs is 1. The zero-order valence-electron chi connectivity index (χ0n) is 7.40. The molecule has 0 bridgehead atoms. The molecule has 2 rings (SSSR count). The molecule has 0 heterocycles. The Labute approximate surface area is 76.6 Å². The zero-order chi connectivity index (χ0) is 9.42. The quantitative estimate of drug-likeness (QED) is 0.667. The van der Waals surface area contributed by atoms with Gasteiger partial charge in [0.05, 0.1) is 13.2 Å². The molecule has 0 amide bonds. The molecule has 3 heteroatoms. The summed E-state index contributed by atoms with van der Waals surface area (Å²) >= 11 is 0. The van der Waals surface area contributed by atoms with Crippen LogP contribution in [0.25, 0.3) is 0 Å². The molecule has 0 spiro atoms. The zero-order valence-corrected chi connectivity index (χ0v) is 7.40. The lowest BCUT2D eigenvalue weighted by Crippen LogP contribution is -2.11. The summed E-state index contributed by atoms with van der Waals surface area (Å²) in [6.45, 7) is 0. The van der Waals surface area contributed by atoms with Crippen LogP contribution in [0.2, 0.25) is 0 Å². The molecule has 1 aliphatic carbocycles. The first-order valence-electron chi connectivity index (χ1n) is 4.25. The normalized spacial score (nSPS) is 25.8. The molecule has 13 heavy (non-hydrogen) atoms. The second-order valence-electron chi connectivity index (χ2n) is 3.28. The average Bonchev–Trinajstić information content (AvgIpc) is 2.42. The van der Waals surface area contributed by atoms with E-state index in [1.54, 1.807) is 19.2 Å². The number of aliphatic hydroxyl groups is 2. The van der Waals surface area contributed by atoms with Crippen LogP contribution in [0.15, 0.2) is 18.2 Å². The van der Waals surface area contributed by atoms with Crippen molar-refractivity contribution < 1.29 is 14.9 Å². The summed E-state index contributed by atoms with van der Waals surface area (Å²) in [5, 5.41) is 18.9. The molecule has 0 fully saturated rings. The predicted octanol–water partition coefficient (Wildman–Crippen LogP) is 0.646. The largest absolute Gasteiger partial charge is 0.497 e. The maximum Gasteiger partial charge on any atom is 0.119 e. The minimum atomic E-state index is -0.735. The van der Waals surface area contributed by atoms with Crippen LogP contribution in [0.5, 0.6) is 5.75 Å². The van der Waals surface area contributed by atoms with Gasteiger partial charge in [0.2, 0.25) is 0 Å². The Morgan fingerprint density at radius 2 is 2.15 bits per heavy atom. The number of ether oxygens (including phenoxy) is 1. The molecule has 0 radical (unpaired) electrons. The minimum absolute atomic E-state index is 0.508. The van der Waals surface area contributed by atoms with Gasteiger partial charge in [-0.1, -0.05) is 6.07 Å². The summed E-state index contributed by atoms with van der Waals surface area (Å²) in [4.78, 5) is 0. The highest BCUT2D eigenvalue weighted by atomic mass is 16.5. The van der Waals surface area contributed by atoms with E-state index in [4.69, 9.17) is 4.74 Å². The SMILES string of the molecule is COc1ccc2c(c1)C[C@H](O)[C@H]2O. The van der Waals surface area contributed by atoms with Crippen LogP contribution in [0, 0.1) is 0 Å². The molecule has 1 aromatic carbocycles. The lowest BCUT2D eigenvalue weighted by atomic mass is 10.1. The maximum atomic E-state index is 9.52. The van der Waals surface area contributed by atoms with Crippen molar-refractivity contribution in [3.8, 4) is 5.75 Å². The van der Waals surface area contributed by atoms with Gasteiger partial charge >= 0.3 is 0 Å². The van der Waals surface area contributed by atoms with Gasteiger partial charge in [-0.2, -0.15) is 0 Å². The molecule has 3 nitrogen and oxygen atoms in total. The van der Waals surface area contributed by atoms with E-state index in [1.165, 1.54) is 0 Å². The van der Waals surface area contributed by atoms with Crippen molar-refractivity contribution in [2.24, 2.45) is 0 Å². The van der Waals surface area contributed by atoms with Crippen LogP contribution in [-0.4, -0.2) is 23.4 Å². The second kappa shape index (κ2) is 3.01.